The van der Waals surface area contributed by atoms with E-state index in [0.717, 1.165) is 16.2 Å². The van der Waals surface area contributed by atoms with Crippen molar-refractivity contribution in [3.05, 3.63) is 51.2 Å². The molecule has 0 unspecified atom stereocenters. The number of aliphatic hydroxyl groups is 1. The summed E-state index contributed by atoms with van der Waals surface area (Å²) in [5, 5.41) is 10.9. The van der Waals surface area contributed by atoms with E-state index in [2.05, 4.69) is 0 Å². The van der Waals surface area contributed by atoms with Crippen LogP contribution in [0.4, 0.5) is 5.69 Å². The number of para-hydroxylation sites is 1. The third kappa shape index (κ3) is 2.71. The first-order chi connectivity index (χ1) is 11.3. The Morgan fingerprint density at radius 2 is 1.96 bits per heavy atom. The van der Waals surface area contributed by atoms with Crippen molar-refractivity contribution in [1.29, 1.82) is 0 Å². The second-order valence-corrected chi connectivity index (χ2v) is 7.15. The van der Waals surface area contributed by atoms with Gasteiger partial charge in [0.1, 0.15) is 6.54 Å². The molecule has 2 aromatic rings. The van der Waals surface area contributed by atoms with Gasteiger partial charge in [0.2, 0.25) is 5.91 Å². The monoisotopic (exact) mass is 364 g/mol. The standard InChI is InChI=1S/C16H13ClN2O4S/c17-13-6-5-12(24-13)11(20)7-16(23)9-3-1-2-4-10(9)19(15(16)22)8-14(18)21/h1-6,23H,7-8H2,(H2,18,21)/t16-/m1/s1. The van der Waals surface area contributed by atoms with E-state index in [1.54, 1.807) is 36.4 Å². The summed E-state index contributed by atoms with van der Waals surface area (Å²) in [5.74, 6) is -1.85. The summed E-state index contributed by atoms with van der Waals surface area (Å²) in [4.78, 5) is 37.8. The van der Waals surface area contributed by atoms with Gasteiger partial charge in [0, 0.05) is 5.56 Å². The lowest BCUT2D eigenvalue weighted by molar-refractivity contribution is -0.136. The average Bonchev–Trinajstić information content (AvgIpc) is 3.05. The predicted molar refractivity (Wildman–Crippen MR) is 90.2 cm³/mol. The van der Waals surface area contributed by atoms with Crippen LogP contribution >= 0.6 is 22.9 Å². The molecular weight excluding hydrogens is 352 g/mol. The molecule has 0 saturated carbocycles. The van der Waals surface area contributed by atoms with Gasteiger partial charge in [-0.2, -0.15) is 0 Å². The summed E-state index contributed by atoms with van der Waals surface area (Å²) in [6, 6.07) is 9.60. The first-order valence-corrected chi connectivity index (χ1v) is 8.23. The van der Waals surface area contributed by atoms with Crippen molar-refractivity contribution < 1.29 is 19.5 Å². The number of carbonyl (C=O) groups excluding carboxylic acids is 3. The molecule has 2 amide bonds. The molecule has 1 aliphatic rings. The Labute approximate surface area is 146 Å². The Kier molecular flexibility index (Phi) is 4.16. The number of Topliss-reactive ketones (excluding diaryl/α,β-unsaturated/α-hetero) is 1. The van der Waals surface area contributed by atoms with Gasteiger partial charge in [-0.25, -0.2) is 0 Å². The summed E-state index contributed by atoms with van der Waals surface area (Å²) < 4.78 is 0.443. The van der Waals surface area contributed by atoms with Crippen molar-refractivity contribution in [3.8, 4) is 0 Å². The smallest absolute Gasteiger partial charge is 0.264 e. The van der Waals surface area contributed by atoms with E-state index in [9.17, 15) is 19.5 Å². The molecule has 0 radical (unpaired) electrons. The van der Waals surface area contributed by atoms with E-state index >= 15 is 0 Å². The topological polar surface area (TPSA) is 101 Å². The zero-order valence-electron chi connectivity index (χ0n) is 12.4. The van der Waals surface area contributed by atoms with Crippen LogP contribution in [0, 0.1) is 0 Å². The minimum absolute atomic E-state index is 0.284. The summed E-state index contributed by atoms with van der Waals surface area (Å²) >= 11 is 6.90. The molecule has 24 heavy (non-hydrogen) atoms. The maximum atomic E-state index is 12.7. The van der Waals surface area contributed by atoms with Gasteiger partial charge in [0.25, 0.3) is 5.91 Å². The van der Waals surface area contributed by atoms with Crippen molar-refractivity contribution in [2.45, 2.75) is 12.0 Å². The molecule has 1 atom stereocenters. The van der Waals surface area contributed by atoms with Crippen molar-refractivity contribution in [2.24, 2.45) is 5.73 Å². The highest BCUT2D eigenvalue weighted by atomic mass is 35.5. The van der Waals surface area contributed by atoms with E-state index in [-0.39, 0.29) is 12.1 Å². The fraction of sp³-hybridized carbons (Fsp3) is 0.188. The molecule has 0 aliphatic carbocycles. The van der Waals surface area contributed by atoms with Crippen LogP contribution in [0.25, 0.3) is 0 Å². The van der Waals surface area contributed by atoms with Crippen LogP contribution in [0.5, 0.6) is 0 Å². The van der Waals surface area contributed by atoms with Crippen LogP contribution in [0.2, 0.25) is 4.34 Å². The number of nitrogens with two attached hydrogens (primary N) is 1. The van der Waals surface area contributed by atoms with Crippen molar-refractivity contribution >= 4 is 46.2 Å². The number of hydrogen-bond donors (Lipinski definition) is 2. The van der Waals surface area contributed by atoms with Gasteiger partial charge in [-0.1, -0.05) is 29.8 Å². The molecule has 124 valence electrons. The molecule has 1 aromatic heterocycles. The highest BCUT2D eigenvalue weighted by molar-refractivity contribution is 7.18. The van der Waals surface area contributed by atoms with Gasteiger partial charge < -0.3 is 10.8 Å². The average molecular weight is 365 g/mol. The third-order valence-corrected chi connectivity index (χ3v) is 5.09. The zero-order chi connectivity index (χ0) is 17.5. The van der Waals surface area contributed by atoms with Crippen LogP contribution < -0.4 is 10.6 Å². The van der Waals surface area contributed by atoms with Crippen LogP contribution in [0.1, 0.15) is 21.7 Å². The Balaban J connectivity index is 1.98. The zero-order valence-corrected chi connectivity index (χ0v) is 13.9. The van der Waals surface area contributed by atoms with Gasteiger partial charge in [0.15, 0.2) is 11.4 Å². The van der Waals surface area contributed by atoms with E-state index in [1.807, 2.05) is 0 Å². The first kappa shape index (κ1) is 16.6. The van der Waals surface area contributed by atoms with Crippen LogP contribution in [-0.2, 0) is 15.2 Å². The van der Waals surface area contributed by atoms with E-state index in [0.29, 0.717) is 14.9 Å². The number of carbonyl (C=O) groups is 3. The number of anilines is 1. The number of nitrogens with zero attached hydrogens (tertiary/aromatic N) is 1. The Hall–Kier alpha value is -2.22. The highest BCUT2D eigenvalue weighted by Crippen LogP contribution is 2.43. The van der Waals surface area contributed by atoms with Gasteiger partial charge in [-0.15, -0.1) is 11.3 Å². The maximum absolute atomic E-state index is 12.7. The first-order valence-electron chi connectivity index (χ1n) is 7.03. The van der Waals surface area contributed by atoms with Gasteiger partial charge in [-0.3, -0.25) is 19.3 Å². The lowest BCUT2D eigenvalue weighted by Crippen LogP contribution is -2.44. The molecule has 3 rings (SSSR count). The quantitative estimate of drug-likeness (QED) is 0.788. The molecule has 3 N–H and O–H groups in total. The van der Waals surface area contributed by atoms with Crippen molar-refractivity contribution in [2.75, 3.05) is 11.4 Å². The summed E-state index contributed by atoms with van der Waals surface area (Å²) in [6.07, 6.45) is -0.436. The third-order valence-electron chi connectivity index (χ3n) is 3.82. The Morgan fingerprint density at radius 1 is 1.25 bits per heavy atom. The minimum Gasteiger partial charge on any atom is -0.375 e. The molecule has 6 nitrogen and oxygen atoms in total. The number of halogens is 1. The molecule has 2 heterocycles. The Bertz CT molecular complexity index is 850. The van der Waals surface area contributed by atoms with Crippen LogP contribution in [0.15, 0.2) is 36.4 Å². The summed E-state index contributed by atoms with van der Waals surface area (Å²) in [7, 11) is 0. The molecular formula is C16H13ClN2O4S. The second kappa shape index (κ2) is 6.01. The predicted octanol–water partition coefficient (Wildman–Crippen LogP) is 1.69. The number of primary amides is 1. The number of amides is 2. The summed E-state index contributed by atoms with van der Waals surface area (Å²) in [5.41, 5.74) is 3.81. The molecule has 1 aromatic carbocycles. The fourth-order valence-electron chi connectivity index (χ4n) is 2.77. The number of benzene rings is 1. The minimum atomic E-state index is -2.03. The maximum Gasteiger partial charge on any atom is 0.264 e. The lowest BCUT2D eigenvalue weighted by Gasteiger charge is -2.21. The molecule has 8 heteroatoms. The lowest BCUT2D eigenvalue weighted by atomic mass is 9.89. The highest BCUT2D eigenvalue weighted by Gasteiger charge is 2.51. The molecule has 1 aliphatic heterocycles. The summed E-state index contributed by atoms with van der Waals surface area (Å²) in [6.45, 7) is -0.364. The number of fused-ring (bicyclic) bond motifs is 1. The van der Waals surface area contributed by atoms with E-state index in [4.69, 9.17) is 17.3 Å². The van der Waals surface area contributed by atoms with Gasteiger partial charge in [0.05, 0.1) is 21.3 Å². The van der Waals surface area contributed by atoms with Gasteiger partial charge >= 0.3 is 0 Å². The normalized spacial score (nSPS) is 19.4. The fourth-order valence-corrected chi connectivity index (χ4v) is 3.75. The van der Waals surface area contributed by atoms with Crippen LogP contribution in [-0.4, -0.2) is 29.2 Å². The number of thiophene rings is 1. The molecule has 0 spiro atoms. The molecule has 0 saturated heterocycles. The van der Waals surface area contributed by atoms with Crippen LogP contribution in [0.3, 0.4) is 0 Å². The molecule has 0 fully saturated rings. The number of hydrogen-bond acceptors (Lipinski definition) is 5. The van der Waals surface area contributed by atoms with Crippen molar-refractivity contribution in [3.63, 3.8) is 0 Å². The largest absolute Gasteiger partial charge is 0.375 e. The Morgan fingerprint density at radius 3 is 2.58 bits per heavy atom. The van der Waals surface area contributed by atoms with Crippen molar-refractivity contribution in [1.82, 2.24) is 0 Å². The van der Waals surface area contributed by atoms with E-state index < -0.39 is 29.6 Å². The second-order valence-electron chi connectivity index (χ2n) is 5.44. The van der Waals surface area contributed by atoms with E-state index in [1.165, 1.54) is 0 Å². The SMILES string of the molecule is NC(=O)CN1C(=O)[C@@](O)(CC(=O)c2ccc(Cl)s2)c2ccccc21. The molecule has 0 bridgehead atoms. The number of ketones is 1. The number of rotatable bonds is 5. The van der Waals surface area contributed by atoms with Gasteiger partial charge in [-0.05, 0) is 18.2 Å².